The molecule has 0 bridgehead atoms. The van der Waals surface area contributed by atoms with E-state index in [0.29, 0.717) is 0 Å². The van der Waals surface area contributed by atoms with Gasteiger partial charge in [0, 0.05) is 14.4 Å². The Morgan fingerprint density at radius 2 is 1.88 bits per heavy atom. The fourth-order valence-corrected chi connectivity index (χ4v) is 4.49. The molecule has 0 saturated carbocycles. The maximum Gasteiger partial charge on any atom is 0.0752 e. The first-order chi connectivity index (χ1) is 7.58. The van der Waals surface area contributed by atoms with E-state index in [0.717, 1.165) is 18.8 Å². The molecule has 0 saturated heterocycles. The van der Waals surface area contributed by atoms with Crippen molar-refractivity contribution >= 4 is 70.7 Å². The number of halogens is 4. The Hall–Kier alpha value is 0.650. The van der Waals surface area contributed by atoms with Crippen LogP contribution in [-0.4, -0.2) is 0 Å². The minimum Gasteiger partial charge on any atom is -0.132 e. The van der Waals surface area contributed by atoms with E-state index < -0.39 is 0 Å². The van der Waals surface area contributed by atoms with Crippen LogP contribution >= 0.6 is 70.7 Å². The molecule has 0 N–H and O–H groups in total. The summed E-state index contributed by atoms with van der Waals surface area (Å²) in [6.45, 7) is 0. The average molecular weight is 445 g/mol. The largest absolute Gasteiger partial charge is 0.132 e. The molecule has 1 heterocycles. The van der Waals surface area contributed by atoms with Gasteiger partial charge in [0.15, 0.2) is 0 Å². The average Bonchev–Trinajstić information content (AvgIpc) is 2.64. The third kappa shape index (κ3) is 2.91. The third-order valence-electron chi connectivity index (χ3n) is 2.08. The van der Waals surface area contributed by atoms with Gasteiger partial charge in [-0.1, -0.05) is 49.5 Å². The molecule has 0 aliphatic rings. The van der Waals surface area contributed by atoms with Crippen LogP contribution in [0.4, 0.5) is 0 Å². The van der Waals surface area contributed by atoms with Crippen LogP contribution < -0.4 is 0 Å². The first kappa shape index (κ1) is 13.1. The van der Waals surface area contributed by atoms with Crippen molar-refractivity contribution < 1.29 is 0 Å². The van der Waals surface area contributed by atoms with Gasteiger partial charge in [0.2, 0.25) is 0 Å². The fourth-order valence-electron chi connectivity index (χ4n) is 1.32. The Morgan fingerprint density at radius 3 is 2.44 bits per heavy atom. The van der Waals surface area contributed by atoms with Gasteiger partial charge < -0.3 is 0 Å². The Kier molecular flexibility index (Phi) is 4.52. The van der Waals surface area contributed by atoms with Crippen molar-refractivity contribution in [2.24, 2.45) is 0 Å². The van der Waals surface area contributed by atoms with Crippen molar-refractivity contribution in [2.45, 2.75) is 4.83 Å². The Labute approximate surface area is 128 Å². The van der Waals surface area contributed by atoms with Crippen LogP contribution in [-0.2, 0) is 0 Å². The van der Waals surface area contributed by atoms with Gasteiger partial charge in [-0.3, -0.25) is 0 Å². The van der Waals surface area contributed by atoms with E-state index in [9.17, 15) is 0 Å². The zero-order valence-electron chi connectivity index (χ0n) is 7.88. The number of hydrogen-bond donors (Lipinski definition) is 0. The van der Waals surface area contributed by atoms with Gasteiger partial charge in [0.1, 0.15) is 0 Å². The molecule has 2 rings (SSSR count). The van der Waals surface area contributed by atoms with Gasteiger partial charge in [0.25, 0.3) is 0 Å². The van der Waals surface area contributed by atoms with Crippen LogP contribution in [0.25, 0.3) is 0 Å². The maximum absolute atomic E-state index is 6.21. The van der Waals surface area contributed by atoms with Crippen LogP contribution in [0.5, 0.6) is 0 Å². The summed E-state index contributed by atoms with van der Waals surface area (Å²) in [5.41, 5.74) is 1.08. The van der Waals surface area contributed by atoms with Gasteiger partial charge in [-0.15, -0.1) is 11.3 Å². The summed E-state index contributed by atoms with van der Waals surface area (Å²) in [4.78, 5) is 1.38. The van der Waals surface area contributed by atoms with Gasteiger partial charge >= 0.3 is 0 Å². The van der Waals surface area contributed by atoms with Gasteiger partial charge in [-0.25, -0.2) is 0 Å². The Balaban J connectivity index is 2.37. The van der Waals surface area contributed by atoms with E-state index in [1.807, 2.05) is 24.3 Å². The molecule has 0 aliphatic carbocycles. The molecule has 0 fully saturated rings. The number of rotatable bonds is 2. The lowest BCUT2D eigenvalue weighted by Crippen LogP contribution is -1.90. The van der Waals surface area contributed by atoms with Gasteiger partial charge in [-0.2, -0.15) is 0 Å². The topological polar surface area (TPSA) is 0 Å². The zero-order chi connectivity index (χ0) is 11.7. The van der Waals surface area contributed by atoms with Crippen molar-refractivity contribution in [3.8, 4) is 0 Å². The highest BCUT2D eigenvalue weighted by atomic mass is 79.9. The highest BCUT2D eigenvalue weighted by Gasteiger charge is 2.15. The second kappa shape index (κ2) is 5.53. The molecule has 0 amide bonds. The van der Waals surface area contributed by atoms with E-state index in [1.165, 1.54) is 4.88 Å². The second-order valence-corrected chi connectivity index (χ2v) is 7.90. The van der Waals surface area contributed by atoms with Crippen LogP contribution in [0, 0.1) is 0 Å². The molecule has 0 radical (unpaired) electrons. The standard InChI is InChI=1S/C11H6Br3ClS/c12-6-1-2-7(8(15)5-6)11(14)9-3-4-10(13)16-9/h1-5,11H. The van der Waals surface area contributed by atoms with E-state index in [4.69, 9.17) is 11.6 Å². The predicted molar refractivity (Wildman–Crippen MR) is 81.9 cm³/mol. The minimum absolute atomic E-state index is 0.143. The summed E-state index contributed by atoms with van der Waals surface area (Å²) in [6.07, 6.45) is 0. The molecule has 84 valence electrons. The summed E-state index contributed by atoms with van der Waals surface area (Å²) in [7, 11) is 0. The van der Waals surface area contributed by atoms with Crippen molar-refractivity contribution in [3.05, 3.63) is 54.1 Å². The van der Waals surface area contributed by atoms with Crippen LogP contribution in [0.2, 0.25) is 5.02 Å². The Morgan fingerprint density at radius 1 is 1.12 bits per heavy atom. The van der Waals surface area contributed by atoms with Crippen LogP contribution in [0.3, 0.4) is 0 Å². The molecule has 0 aliphatic heterocycles. The van der Waals surface area contributed by atoms with E-state index in [1.54, 1.807) is 11.3 Å². The highest BCUT2D eigenvalue weighted by Crippen LogP contribution is 2.40. The first-order valence-corrected chi connectivity index (χ1v) is 8.12. The molecule has 0 spiro atoms. The molecule has 1 unspecified atom stereocenters. The number of hydrogen-bond acceptors (Lipinski definition) is 1. The van der Waals surface area contributed by atoms with Crippen molar-refractivity contribution in [1.82, 2.24) is 0 Å². The summed E-state index contributed by atoms with van der Waals surface area (Å²) in [5, 5.41) is 0.765. The predicted octanol–water partition coefficient (Wildman–Crippen LogP) is 6.41. The number of thiophene rings is 1. The summed E-state index contributed by atoms with van der Waals surface area (Å²) in [5.74, 6) is 0. The molecule has 1 aromatic heterocycles. The van der Waals surface area contributed by atoms with Gasteiger partial charge in [0.05, 0.1) is 8.61 Å². The van der Waals surface area contributed by atoms with E-state index in [-0.39, 0.29) is 4.83 Å². The summed E-state index contributed by atoms with van der Waals surface area (Å²) >= 11 is 18.5. The Bertz CT molecular complexity index is 510. The molecule has 16 heavy (non-hydrogen) atoms. The number of alkyl halides is 1. The van der Waals surface area contributed by atoms with Crippen molar-refractivity contribution in [2.75, 3.05) is 0 Å². The fraction of sp³-hybridized carbons (Fsp3) is 0.0909. The SMILES string of the molecule is Clc1cc(Br)ccc1C(Br)c1ccc(Br)s1. The molecule has 0 nitrogen and oxygen atoms in total. The molecule has 1 atom stereocenters. The normalized spacial score (nSPS) is 12.8. The lowest BCUT2D eigenvalue weighted by Gasteiger charge is -2.10. The molecular weight excluding hydrogens is 439 g/mol. The second-order valence-electron chi connectivity index (χ2n) is 3.17. The molecule has 1 aromatic carbocycles. The van der Waals surface area contributed by atoms with Gasteiger partial charge in [-0.05, 0) is 45.8 Å². The highest BCUT2D eigenvalue weighted by molar-refractivity contribution is 9.11. The number of benzene rings is 1. The lowest BCUT2D eigenvalue weighted by molar-refractivity contribution is 1.22. The van der Waals surface area contributed by atoms with Crippen molar-refractivity contribution in [3.63, 3.8) is 0 Å². The van der Waals surface area contributed by atoms with Crippen LogP contribution in [0.1, 0.15) is 15.3 Å². The minimum atomic E-state index is 0.143. The van der Waals surface area contributed by atoms with Crippen molar-refractivity contribution in [1.29, 1.82) is 0 Å². The quantitative estimate of drug-likeness (QED) is 0.469. The molecule has 5 heteroatoms. The summed E-state index contributed by atoms with van der Waals surface area (Å²) in [6, 6.07) is 10.1. The lowest BCUT2D eigenvalue weighted by atomic mass is 10.1. The van der Waals surface area contributed by atoms with E-state index >= 15 is 0 Å². The maximum atomic E-state index is 6.21. The third-order valence-corrected chi connectivity index (χ3v) is 5.88. The van der Waals surface area contributed by atoms with E-state index in [2.05, 4.69) is 53.9 Å². The van der Waals surface area contributed by atoms with Crippen LogP contribution in [0.15, 0.2) is 38.6 Å². The monoisotopic (exact) mass is 442 g/mol. The first-order valence-electron chi connectivity index (χ1n) is 4.42. The zero-order valence-corrected chi connectivity index (χ0v) is 14.2. The smallest absolute Gasteiger partial charge is 0.0752 e. The molecular formula is C11H6Br3ClS. The summed E-state index contributed by atoms with van der Waals surface area (Å²) < 4.78 is 2.12. The molecule has 2 aromatic rings.